The topological polar surface area (TPSA) is 24.9 Å². The van der Waals surface area contributed by atoms with Gasteiger partial charge in [0.1, 0.15) is 0 Å². The van der Waals surface area contributed by atoms with Gasteiger partial charge in [0.2, 0.25) is 0 Å². The molecule has 100 valence electrons. The van der Waals surface area contributed by atoms with Crippen molar-refractivity contribution in [3.63, 3.8) is 0 Å². The first-order chi connectivity index (χ1) is 8.70. The normalized spacial score (nSPS) is 17.5. The van der Waals surface area contributed by atoms with Crippen LogP contribution in [-0.4, -0.2) is 11.5 Å². The molecule has 0 saturated heterocycles. The summed E-state index contributed by atoms with van der Waals surface area (Å²) in [4.78, 5) is 4.61. The minimum atomic E-state index is 0.503. The van der Waals surface area contributed by atoms with Crippen molar-refractivity contribution in [2.45, 2.75) is 58.9 Å². The van der Waals surface area contributed by atoms with Crippen molar-refractivity contribution in [3.05, 3.63) is 29.1 Å². The van der Waals surface area contributed by atoms with E-state index < -0.39 is 0 Å². The third-order valence-corrected chi connectivity index (χ3v) is 4.08. The second kappa shape index (κ2) is 6.33. The molecule has 1 aromatic rings. The second-order valence-electron chi connectivity index (χ2n) is 5.67. The van der Waals surface area contributed by atoms with Gasteiger partial charge in [-0.25, -0.2) is 0 Å². The van der Waals surface area contributed by atoms with Crippen molar-refractivity contribution >= 4 is 0 Å². The largest absolute Gasteiger partial charge is 0.310 e. The highest BCUT2D eigenvalue weighted by Crippen LogP contribution is 2.35. The van der Waals surface area contributed by atoms with Crippen LogP contribution >= 0.6 is 0 Å². The molecule has 1 fully saturated rings. The zero-order valence-corrected chi connectivity index (χ0v) is 12.0. The molecule has 2 nitrogen and oxygen atoms in total. The SMILES string of the molecule is CCCNC(CC1CCC1)c1ccc(C)nc1C. The van der Waals surface area contributed by atoms with Crippen LogP contribution in [-0.2, 0) is 0 Å². The maximum atomic E-state index is 4.61. The Morgan fingerprint density at radius 3 is 2.67 bits per heavy atom. The summed E-state index contributed by atoms with van der Waals surface area (Å²) in [7, 11) is 0. The van der Waals surface area contributed by atoms with E-state index in [1.165, 1.54) is 43.4 Å². The lowest BCUT2D eigenvalue weighted by Gasteiger charge is -2.31. The molecule has 1 heterocycles. The lowest BCUT2D eigenvalue weighted by molar-refractivity contribution is 0.260. The van der Waals surface area contributed by atoms with Gasteiger partial charge in [-0.15, -0.1) is 0 Å². The third-order valence-electron chi connectivity index (χ3n) is 4.08. The second-order valence-corrected chi connectivity index (χ2v) is 5.67. The van der Waals surface area contributed by atoms with Crippen LogP contribution in [0.4, 0.5) is 0 Å². The van der Waals surface area contributed by atoms with E-state index in [1.807, 2.05) is 0 Å². The van der Waals surface area contributed by atoms with E-state index in [0.29, 0.717) is 6.04 Å². The van der Waals surface area contributed by atoms with Crippen molar-refractivity contribution < 1.29 is 0 Å². The minimum Gasteiger partial charge on any atom is -0.310 e. The molecule has 0 bridgehead atoms. The maximum absolute atomic E-state index is 4.61. The lowest BCUT2D eigenvalue weighted by atomic mass is 9.79. The average Bonchev–Trinajstić information content (AvgIpc) is 2.28. The van der Waals surface area contributed by atoms with Crippen molar-refractivity contribution in [2.24, 2.45) is 5.92 Å². The minimum absolute atomic E-state index is 0.503. The van der Waals surface area contributed by atoms with Crippen molar-refractivity contribution in [1.82, 2.24) is 10.3 Å². The van der Waals surface area contributed by atoms with Gasteiger partial charge in [0.15, 0.2) is 0 Å². The van der Waals surface area contributed by atoms with E-state index in [9.17, 15) is 0 Å². The number of hydrogen-bond donors (Lipinski definition) is 1. The van der Waals surface area contributed by atoms with Crippen molar-refractivity contribution in [2.75, 3.05) is 6.54 Å². The predicted octanol–water partition coefficient (Wildman–Crippen LogP) is 3.93. The molecule has 0 radical (unpaired) electrons. The van der Waals surface area contributed by atoms with Crippen LogP contribution in [0.3, 0.4) is 0 Å². The summed E-state index contributed by atoms with van der Waals surface area (Å²) in [5.41, 5.74) is 3.72. The summed E-state index contributed by atoms with van der Waals surface area (Å²) in [6.07, 6.45) is 6.74. The fraction of sp³-hybridized carbons (Fsp3) is 0.688. The van der Waals surface area contributed by atoms with Gasteiger partial charge in [-0.2, -0.15) is 0 Å². The Kier molecular flexibility index (Phi) is 4.76. The number of rotatable bonds is 6. The smallest absolute Gasteiger partial charge is 0.0423 e. The Balaban J connectivity index is 2.09. The zero-order chi connectivity index (χ0) is 13.0. The molecule has 1 aliphatic carbocycles. The molecule has 0 spiro atoms. The van der Waals surface area contributed by atoms with Gasteiger partial charge in [0.05, 0.1) is 0 Å². The number of pyridine rings is 1. The quantitative estimate of drug-likeness (QED) is 0.822. The summed E-state index contributed by atoms with van der Waals surface area (Å²) in [6, 6.07) is 4.91. The third kappa shape index (κ3) is 3.32. The Morgan fingerprint density at radius 2 is 2.11 bits per heavy atom. The van der Waals surface area contributed by atoms with E-state index in [1.54, 1.807) is 0 Å². The number of nitrogens with one attached hydrogen (secondary N) is 1. The molecule has 18 heavy (non-hydrogen) atoms. The number of hydrogen-bond acceptors (Lipinski definition) is 2. The van der Waals surface area contributed by atoms with E-state index in [2.05, 4.69) is 43.2 Å². The van der Waals surface area contributed by atoms with Gasteiger partial charge < -0.3 is 5.32 Å². The molecule has 2 rings (SSSR count). The van der Waals surface area contributed by atoms with Crippen LogP contribution in [0.15, 0.2) is 12.1 Å². The number of aromatic nitrogens is 1. The van der Waals surface area contributed by atoms with Gasteiger partial charge in [-0.05, 0) is 50.8 Å². The number of aryl methyl sites for hydroxylation is 2. The van der Waals surface area contributed by atoms with Gasteiger partial charge in [0, 0.05) is 17.4 Å². The monoisotopic (exact) mass is 246 g/mol. The van der Waals surface area contributed by atoms with Gasteiger partial charge in [0.25, 0.3) is 0 Å². The summed E-state index contributed by atoms with van der Waals surface area (Å²) in [5.74, 6) is 0.931. The van der Waals surface area contributed by atoms with E-state index in [-0.39, 0.29) is 0 Å². The fourth-order valence-corrected chi connectivity index (χ4v) is 2.77. The van der Waals surface area contributed by atoms with Gasteiger partial charge in [-0.1, -0.05) is 32.3 Å². The molecule has 0 aliphatic heterocycles. The summed E-state index contributed by atoms with van der Waals surface area (Å²) in [5, 5.41) is 3.71. The Labute approximate surface area is 111 Å². The molecule has 1 N–H and O–H groups in total. The van der Waals surface area contributed by atoms with Crippen molar-refractivity contribution in [3.8, 4) is 0 Å². The Bertz CT molecular complexity index is 383. The fourth-order valence-electron chi connectivity index (χ4n) is 2.77. The molecule has 2 heteroatoms. The molecule has 1 aromatic heterocycles. The first-order valence-electron chi connectivity index (χ1n) is 7.38. The van der Waals surface area contributed by atoms with Crippen LogP contribution < -0.4 is 5.32 Å². The highest BCUT2D eigenvalue weighted by Gasteiger charge is 2.23. The molecule has 1 aliphatic rings. The predicted molar refractivity (Wildman–Crippen MR) is 76.7 cm³/mol. The summed E-state index contributed by atoms with van der Waals surface area (Å²) >= 11 is 0. The summed E-state index contributed by atoms with van der Waals surface area (Å²) < 4.78 is 0. The molecular weight excluding hydrogens is 220 g/mol. The standard InChI is InChI=1S/C16H26N2/c1-4-10-17-16(11-14-6-5-7-14)15-9-8-12(2)18-13(15)3/h8-9,14,16-17H,4-7,10-11H2,1-3H3. The Morgan fingerprint density at radius 1 is 1.33 bits per heavy atom. The molecule has 1 unspecified atom stereocenters. The zero-order valence-electron chi connectivity index (χ0n) is 12.0. The van der Waals surface area contributed by atoms with Crippen LogP contribution in [0.1, 0.15) is 62.0 Å². The maximum Gasteiger partial charge on any atom is 0.0423 e. The van der Waals surface area contributed by atoms with E-state index in [4.69, 9.17) is 0 Å². The Hall–Kier alpha value is -0.890. The molecule has 0 amide bonds. The highest BCUT2D eigenvalue weighted by molar-refractivity contribution is 5.25. The molecule has 1 saturated carbocycles. The van der Waals surface area contributed by atoms with Crippen LogP contribution in [0, 0.1) is 19.8 Å². The molecular formula is C16H26N2. The lowest BCUT2D eigenvalue weighted by Crippen LogP contribution is -2.27. The van der Waals surface area contributed by atoms with Crippen LogP contribution in [0.5, 0.6) is 0 Å². The van der Waals surface area contributed by atoms with Gasteiger partial charge in [-0.3, -0.25) is 4.98 Å². The van der Waals surface area contributed by atoms with Crippen molar-refractivity contribution in [1.29, 1.82) is 0 Å². The van der Waals surface area contributed by atoms with Crippen LogP contribution in [0.25, 0.3) is 0 Å². The van der Waals surface area contributed by atoms with Crippen LogP contribution in [0.2, 0.25) is 0 Å². The highest BCUT2D eigenvalue weighted by atomic mass is 14.9. The molecule has 1 atom stereocenters. The first kappa shape index (κ1) is 13.5. The first-order valence-corrected chi connectivity index (χ1v) is 7.38. The van der Waals surface area contributed by atoms with E-state index in [0.717, 1.165) is 18.2 Å². The average molecular weight is 246 g/mol. The number of nitrogens with zero attached hydrogens (tertiary/aromatic N) is 1. The molecule has 0 aromatic carbocycles. The van der Waals surface area contributed by atoms with E-state index >= 15 is 0 Å². The summed E-state index contributed by atoms with van der Waals surface area (Å²) in [6.45, 7) is 7.54. The van der Waals surface area contributed by atoms with Gasteiger partial charge >= 0.3 is 0 Å².